The second-order valence-electron chi connectivity index (χ2n) is 4.48. The van der Waals surface area contributed by atoms with E-state index in [2.05, 4.69) is 20.9 Å². The number of nitrogens with one attached hydrogen (secondary N) is 3. The highest BCUT2D eigenvalue weighted by Gasteiger charge is 2.21. The van der Waals surface area contributed by atoms with Crippen LogP contribution >= 0.6 is 0 Å². The Labute approximate surface area is 112 Å². The van der Waals surface area contributed by atoms with Crippen molar-refractivity contribution in [2.45, 2.75) is 6.42 Å². The van der Waals surface area contributed by atoms with Crippen molar-refractivity contribution in [2.24, 2.45) is 5.92 Å². The summed E-state index contributed by atoms with van der Waals surface area (Å²) in [6, 6.07) is 3.41. The van der Waals surface area contributed by atoms with Crippen molar-refractivity contribution in [3.63, 3.8) is 0 Å². The lowest BCUT2D eigenvalue weighted by atomic mass is 10.1. The normalized spacial score (nSPS) is 18.0. The zero-order valence-corrected chi connectivity index (χ0v) is 10.7. The molecule has 1 aromatic heterocycles. The molecule has 0 saturated carbocycles. The molecule has 0 aliphatic carbocycles. The Hall–Kier alpha value is -1.95. The first kappa shape index (κ1) is 13.5. The zero-order valence-electron chi connectivity index (χ0n) is 10.7. The summed E-state index contributed by atoms with van der Waals surface area (Å²) in [6.07, 6.45) is 4.01. The first-order chi connectivity index (χ1) is 9.27. The molecule has 0 bridgehead atoms. The minimum absolute atomic E-state index is 0.0561. The summed E-state index contributed by atoms with van der Waals surface area (Å²) in [4.78, 5) is 27.2. The number of nitrogens with zero attached hydrogens (tertiary/aromatic N) is 1. The van der Waals surface area contributed by atoms with Crippen LogP contribution in [0.3, 0.4) is 0 Å². The first-order valence-corrected chi connectivity index (χ1v) is 6.44. The molecule has 2 heterocycles. The van der Waals surface area contributed by atoms with Gasteiger partial charge in [0, 0.05) is 32.0 Å². The summed E-state index contributed by atoms with van der Waals surface area (Å²) < 4.78 is 0. The van der Waals surface area contributed by atoms with Crippen molar-refractivity contribution in [2.75, 3.05) is 26.2 Å². The van der Waals surface area contributed by atoms with Crippen LogP contribution in [0.2, 0.25) is 0 Å². The highest BCUT2D eigenvalue weighted by molar-refractivity contribution is 5.93. The van der Waals surface area contributed by atoms with Crippen molar-refractivity contribution in [3.05, 3.63) is 30.1 Å². The number of hydrogen-bond donors (Lipinski definition) is 3. The van der Waals surface area contributed by atoms with Crippen LogP contribution in [0.5, 0.6) is 0 Å². The molecule has 6 nitrogen and oxygen atoms in total. The lowest BCUT2D eigenvalue weighted by Gasteiger charge is -2.10. The van der Waals surface area contributed by atoms with E-state index in [0.717, 1.165) is 19.5 Å². The molecule has 1 fully saturated rings. The van der Waals surface area contributed by atoms with Crippen LogP contribution < -0.4 is 16.0 Å². The van der Waals surface area contributed by atoms with Gasteiger partial charge in [0.25, 0.3) is 5.91 Å². The van der Waals surface area contributed by atoms with Gasteiger partial charge in [-0.1, -0.05) is 0 Å². The van der Waals surface area contributed by atoms with Gasteiger partial charge >= 0.3 is 0 Å². The average molecular weight is 262 g/mol. The second kappa shape index (κ2) is 6.84. The maximum absolute atomic E-state index is 11.7. The number of amides is 2. The molecule has 0 spiro atoms. The summed E-state index contributed by atoms with van der Waals surface area (Å²) in [5, 5.41) is 8.70. The molecule has 1 saturated heterocycles. The van der Waals surface area contributed by atoms with Crippen molar-refractivity contribution in [1.29, 1.82) is 0 Å². The molecule has 1 unspecified atom stereocenters. The molecular weight excluding hydrogens is 244 g/mol. The zero-order chi connectivity index (χ0) is 13.5. The largest absolute Gasteiger partial charge is 0.354 e. The van der Waals surface area contributed by atoms with Crippen LogP contribution in [0, 0.1) is 5.92 Å². The molecule has 102 valence electrons. The molecule has 1 aromatic rings. The van der Waals surface area contributed by atoms with Gasteiger partial charge in [0.1, 0.15) is 0 Å². The van der Waals surface area contributed by atoms with Crippen LogP contribution in [-0.4, -0.2) is 43.0 Å². The standard InChI is InChI=1S/C13H18N4O2/c18-12(10-2-1-4-14-8-10)16-6-7-17-13(19)11-3-5-15-9-11/h1-2,4,8,11,15H,3,5-7,9H2,(H,16,18)(H,17,19). The third kappa shape index (κ3) is 4.03. The molecule has 1 atom stereocenters. The van der Waals surface area contributed by atoms with Crippen molar-refractivity contribution >= 4 is 11.8 Å². The molecule has 19 heavy (non-hydrogen) atoms. The Kier molecular flexibility index (Phi) is 4.85. The van der Waals surface area contributed by atoms with Gasteiger partial charge in [-0.25, -0.2) is 0 Å². The van der Waals surface area contributed by atoms with Crippen LogP contribution in [0.25, 0.3) is 0 Å². The van der Waals surface area contributed by atoms with Crippen LogP contribution in [0.1, 0.15) is 16.8 Å². The Bertz CT molecular complexity index is 430. The summed E-state index contributed by atoms with van der Waals surface area (Å²) in [5.41, 5.74) is 0.522. The summed E-state index contributed by atoms with van der Waals surface area (Å²) >= 11 is 0. The van der Waals surface area contributed by atoms with Gasteiger partial charge < -0.3 is 16.0 Å². The summed E-state index contributed by atoms with van der Waals surface area (Å²) in [6.45, 7) is 2.50. The number of pyridine rings is 1. The van der Waals surface area contributed by atoms with E-state index in [1.54, 1.807) is 18.3 Å². The molecule has 2 rings (SSSR count). The molecule has 2 amide bonds. The molecular formula is C13H18N4O2. The van der Waals surface area contributed by atoms with E-state index in [9.17, 15) is 9.59 Å². The van der Waals surface area contributed by atoms with Gasteiger partial charge in [0.05, 0.1) is 11.5 Å². The van der Waals surface area contributed by atoms with Crippen molar-refractivity contribution in [1.82, 2.24) is 20.9 Å². The molecule has 0 aromatic carbocycles. The van der Waals surface area contributed by atoms with E-state index in [1.165, 1.54) is 6.20 Å². The number of carbonyl (C=O) groups excluding carboxylic acids is 2. The lowest BCUT2D eigenvalue weighted by Crippen LogP contribution is -2.38. The molecule has 3 N–H and O–H groups in total. The average Bonchev–Trinajstić information content (AvgIpc) is 2.98. The number of carbonyl (C=O) groups is 2. The smallest absolute Gasteiger partial charge is 0.252 e. The number of rotatable bonds is 5. The van der Waals surface area contributed by atoms with Crippen molar-refractivity contribution < 1.29 is 9.59 Å². The predicted octanol–water partition coefficient (Wildman–Crippen LogP) is -0.463. The Morgan fingerprint density at radius 2 is 2.21 bits per heavy atom. The van der Waals surface area contributed by atoms with E-state index in [0.29, 0.717) is 18.7 Å². The highest BCUT2D eigenvalue weighted by Crippen LogP contribution is 2.06. The number of aromatic nitrogens is 1. The monoisotopic (exact) mass is 262 g/mol. The fraction of sp³-hybridized carbons (Fsp3) is 0.462. The van der Waals surface area contributed by atoms with Gasteiger partial charge in [-0.15, -0.1) is 0 Å². The van der Waals surface area contributed by atoms with Crippen LogP contribution in [0.15, 0.2) is 24.5 Å². The van der Waals surface area contributed by atoms with Gasteiger partial charge in [-0.2, -0.15) is 0 Å². The maximum Gasteiger partial charge on any atom is 0.252 e. The summed E-state index contributed by atoms with van der Waals surface area (Å²) in [7, 11) is 0. The van der Waals surface area contributed by atoms with Gasteiger partial charge in [-0.3, -0.25) is 14.6 Å². The van der Waals surface area contributed by atoms with E-state index in [4.69, 9.17) is 0 Å². The summed E-state index contributed by atoms with van der Waals surface area (Å²) in [5.74, 6) is -0.0560. The fourth-order valence-corrected chi connectivity index (χ4v) is 1.98. The molecule has 1 aliphatic rings. The minimum Gasteiger partial charge on any atom is -0.354 e. The molecule has 1 aliphatic heterocycles. The topological polar surface area (TPSA) is 83.1 Å². The van der Waals surface area contributed by atoms with E-state index >= 15 is 0 Å². The highest BCUT2D eigenvalue weighted by atomic mass is 16.2. The Morgan fingerprint density at radius 3 is 2.89 bits per heavy atom. The third-order valence-corrected chi connectivity index (χ3v) is 3.06. The van der Waals surface area contributed by atoms with Crippen molar-refractivity contribution in [3.8, 4) is 0 Å². The quantitative estimate of drug-likeness (QED) is 0.627. The lowest BCUT2D eigenvalue weighted by molar-refractivity contribution is -0.124. The third-order valence-electron chi connectivity index (χ3n) is 3.06. The van der Waals surface area contributed by atoms with Gasteiger partial charge in [0.2, 0.25) is 5.91 Å². The first-order valence-electron chi connectivity index (χ1n) is 6.44. The Balaban J connectivity index is 1.64. The Morgan fingerprint density at radius 1 is 1.37 bits per heavy atom. The van der Waals surface area contributed by atoms with Gasteiger partial charge in [-0.05, 0) is 25.1 Å². The molecule has 6 heteroatoms. The van der Waals surface area contributed by atoms with E-state index < -0.39 is 0 Å². The maximum atomic E-state index is 11.7. The van der Waals surface area contributed by atoms with E-state index in [-0.39, 0.29) is 17.7 Å². The predicted molar refractivity (Wildman–Crippen MR) is 70.6 cm³/mol. The molecule has 0 radical (unpaired) electrons. The minimum atomic E-state index is -0.176. The van der Waals surface area contributed by atoms with Crippen LogP contribution in [0.4, 0.5) is 0 Å². The number of hydrogen-bond acceptors (Lipinski definition) is 4. The van der Waals surface area contributed by atoms with Crippen LogP contribution in [-0.2, 0) is 4.79 Å². The second-order valence-corrected chi connectivity index (χ2v) is 4.48. The fourth-order valence-electron chi connectivity index (χ4n) is 1.98. The SMILES string of the molecule is O=C(NCCNC(=O)C1CCNC1)c1cccnc1. The van der Waals surface area contributed by atoms with Gasteiger partial charge in [0.15, 0.2) is 0 Å². The van der Waals surface area contributed by atoms with E-state index in [1.807, 2.05) is 0 Å².